The number of esters is 1. The van der Waals surface area contributed by atoms with E-state index in [0.29, 0.717) is 39.0 Å². The molecule has 0 saturated carbocycles. The van der Waals surface area contributed by atoms with E-state index in [1.54, 1.807) is 11.3 Å². The first-order valence-corrected chi connectivity index (χ1v) is 27.1. The molecule has 1 aliphatic rings. The molecule has 1 N–H and O–H groups in total. The zero-order chi connectivity index (χ0) is 47.8. The van der Waals surface area contributed by atoms with Crippen molar-refractivity contribution in [3.8, 4) is 0 Å². The lowest BCUT2D eigenvalue weighted by atomic mass is 10.0. The van der Waals surface area contributed by atoms with E-state index in [-0.39, 0.29) is 17.8 Å². The van der Waals surface area contributed by atoms with Crippen molar-refractivity contribution in [2.45, 2.75) is 249 Å². The minimum Gasteiger partial charge on any atom is -0.466 e. The van der Waals surface area contributed by atoms with Crippen LogP contribution in [0.25, 0.3) is 0 Å². The van der Waals surface area contributed by atoms with Crippen LogP contribution in [-0.2, 0) is 32.1 Å². The van der Waals surface area contributed by atoms with Crippen LogP contribution in [0.1, 0.15) is 254 Å². The van der Waals surface area contributed by atoms with Gasteiger partial charge < -0.3 is 24.6 Å². The number of amides is 2. The van der Waals surface area contributed by atoms with Crippen LogP contribution < -0.4 is 5.32 Å². The van der Waals surface area contributed by atoms with Gasteiger partial charge in [-0.05, 0) is 84.4 Å². The molecule has 1 aliphatic heterocycles. The van der Waals surface area contributed by atoms with E-state index < -0.39 is 0 Å². The monoisotopic (exact) mass is 906 g/mol. The van der Waals surface area contributed by atoms with E-state index in [1.165, 1.54) is 114 Å². The Morgan fingerprint density at radius 2 is 1.14 bits per heavy atom. The van der Waals surface area contributed by atoms with E-state index in [4.69, 9.17) is 4.74 Å². The van der Waals surface area contributed by atoms with Gasteiger partial charge in [0.05, 0.1) is 18.7 Å². The van der Waals surface area contributed by atoms with Crippen LogP contribution in [-0.4, -0.2) is 74.2 Å². The molecule has 0 fully saturated rings. The van der Waals surface area contributed by atoms with E-state index in [0.717, 1.165) is 86.7 Å². The van der Waals surface area contributed by atoms with Gasteiger partial charge in [0.25, 0.3) is 5.91 Å². The summed E-state index contributed by atoms with van der Waals surface area (Å²) in [5.41, 5.74) is 2.01. The summed E-state index contributed by atoms with van der Waals surface area (Å²) in [6.45, 7) is 22.0. The molecule has 9 heteroatoms. The third kappa shape index (κ3) is 38.5. The number of hydrogen-bond acceptors (Lipinski definition) is 7. The smallest absolute Gasteiger partial charge is 0.305 e. The van der Waals surface area contributed by atoms with Crippen molar-refractivity contribution in [2.75, 3.05) is 40.3 Å². The minimum absolute atomic E-state index is 0.0323. The average Bonchev–Trinajstić information content (AvgIpc) is 3.64. The fourth-order valence-electron chi connectivity index (χ4n) is 7.20. The number of carbonyl (C=O) groups is 4. The number of aldehydes is 1. The zero-order valence-electron chi connectivity index (χ0n) is 43.4. The molecule has 2 rings (SSSR count). The molecule has 0 unspecified atom stereocenters. The number of thiophene rings is 1. The number of unbranched alkanes of at least 4 members (excludes halogenated alkanes) is 21. The molecule has 63 heavy (non-hydrogen) atoms. The van der Waals surface area contributed by atoms with Gasteiger partial charge in [-0.1, -0.05) is 170 Å². The lowest BCUT2D eigenvalue weighted by Gasteiger charge is -2.27. The molecule has 0 aromatic carbocycles. The summed E-state index contributed by atoms with van der Waals surface area (Å²) in [6.07, 6.45) is 37.4. The molecule has 1 aromatic rings. The first-order chi connectivity index (χ1) is 30.7. The lowest BCUT2D eigenvalue weighted by molar-refractivity contribution is -0.144. The van der Waals surface area contributed by atoms with Gasteiger partial charge in [-0.15, -0.1) is 11.3 Å². The fraction of sp³-hybridized carbons (Fsp3) is 0.815. The van der Waals surface area contributed by atoms with Gasteiger partial charge in [0.1, 0.15) is 6.29 Å². The number of nitrogens with one attached hydrogen (secondary N) is 1. The van der Waals surface area contributed by atoms with Crippen molar-refractivity contribution < 1.29 is 23.9 Å². The molecule has 0 atom stereocenters. The third-order valence-corrected chi connectivity index (χ3v) is 11.9. The molecule has 2 heterocycles. The van der Waals surface area contributed by atoms with Crippen LogP contribution >= 0.6 is 11.3 Å². The SMILES string of the molecule is CC.CC.CC.CCCCCCCC/C=C\CCCCCCCC(=O)N1CCc2c(sc(C)c2C(=O)NCCN(C)C)C1.CCCCCCCCCOC(=O)CCCCCCC=O. The summed E-state index contributed by atoms with van der Waals surface area (Å²) in [5.74, 6) is 0.239. The highest BCUT2D eigenvalue weighted by Crippen LogP contribution is 2.33. The number of hydrogen-bond donors (Lipinski definition) is 1. The topological polar surface area (TPSA) is 96.0 Å². The Kier molecular flexibility index (Phi) is 51.9. The van der Waals surface area contributed by atoms with Crippen molar-refractivity contribution in [1.29, 1.82) is 0 Å². The third-order valence-electron chi connectivity index (χ3n) is 10.8. The molecule has 0 saturated heterocycles. The Bertz CT molecular complexity index is 1210. The Balaban J connectivity index is -0.00000117. The second-order valence-electron chi connectivity index (χ2n) is 16.4. The zero-order valence-corrected chi connectivity index (χ0v) is 44.2. The first-order valence-electron chi connectivity index (χ1n) is 26.3. The molecule has 370 valence electrons. The molecule has 8 nitrogen and oxygen atoms in total. The molecule has 0 radical (unpaired) electrons. The summed E-state index contributed by atoms with van der Waals surface area (Å²) in [5, 5.41) is 3.05. The van der Waals surface area contributed by atoms with Gasteiger partial charge in [0, 0.05) is 48.7 Å². The number of ether oxygens (including phenoxy) is 1. The first kappa shape index (κ1) is 64.8. The Morgan fingerprint density at radius 1 is 0.667 bits per heavy atom. The summed E-state index contributed by atoms with van der Waals surface area (Å²) in [4.78, 5) is 53.4. The summed E-state index contributed by atoms with van der Waals surface area (Å²) >= 11 is 1.68. The van der Waals surface area contributed by atoms with Gasteiger partial charge in [-0.25, -0.2) is 0 Å². The molecule has 0 spiro atoms. The maximum absolute atomic E-state index is 12.8. The summed E-state index contributed by atoms with van der Waals surface area (Å²) in [7, 11) is 4.01. The second kappa shape index (κ2) is 50.5. The maximum atomic E-state index is 12.8. The highest BCUT2D eigenvalue weighted by molar-refractivity contribution is 7.12. The molecule has 0 bridgehead atoms. The fourth-order valence-corrected chi connectivity index (χ4v) is 8.44. The van der Waals surface area contributed by atoms with Gasteiger partial charge in [0.15, 0.2) is 0 Å². The molecule has 1 aromatic heterocycles. The number of fused-ring (bicyclic) bond motifs is 1. The van der Waals surface area contributed by atoms with Crippen LogP contribution in [0, 0.1) is 6.92 Å². The standard InChI is InChI=1S/C31H53N3O2S.C17H32O3.3C2H6/c1-5-6-7-8-9-10-11-12-13-14-15-16-17-18-19-20-29(35)34-23-21-27-28(25-34)37-26(2)30(27)31(36)32-22-24-33(3)4;1-2-3-4-5-6-10-13-16-20-17(19)14-11-8-7-9-12-15-18;3*1-2/h12-13H,5-11,14-25H2,1-4H3,(H,32,36);15H,2-14,16H2,1H3;3*1-2H3/b13-12-;;;;. The Hall–Kier alpha value is -2.52. The van der Waals surface area contributed by atoms with Gasteiger partial charge in [-0.2, -0.15) is 0 Å². The Labute approximate surface area is 394 Å². The minimum atomic E-state index is -0.0635. The number of aryl methyl sites for hydroxylation is 1. The predicted octanol–water partition coefficient (Wildman–Crippen LogP) is 15.2. The quantitative estimate of drug-likeness (QED) is 0.0320. The van der Waals surface area contributed by atoms with Crippen molar-refractivity contribution in [2.24, 2.45) is 0 Å². The van der Waals surface area contributed by atoms with E-state index in [9.17, 15) is 19.2 Å². The van der Waals surface area contributed by atoms with Crippen LogP contribution in [0.2, 0.25) is 0 Å². The predicted molar refractivity (Wildman–Crippen MR) is 275 cm³/mol. The molecular weight excluding hydrogens is 803 g/mol. The van der Waals surface area contributed by atoms with Crippen molar-refractivity contribution in [1.82, 2.24) is 15.1 Å². The van der Waals surface area contributed by atoms with Crippen LogP contribution in [0.15, 0.2) is 12.2 Å². The van der Waals surface area contributed by atoms with Gasteiger partial charge in [0.2, 0.25) is 5.91 Å². The second-order valence-corrected chi connectivity index (χ2v) is 17.7. The van der Waals surface area contributed by atoms with Crippen LogP contribution in [0.5, 0.6) is 0 Å². The van der Waals surface area contributed by atoms with Gasteiger partial charge in [-0.3, -0.25) is 14.4 Å². The van der Waals surface area contributed by atoms with Crippen LogP contribution in [0.3, 0.4) is 0 Å². The molecule has 0 aliphatic carbocycles. The number of carbonyl (C=O) groups excluding carboxylic acids is 4. The van der Waals surface area contributed by atoms with E-state index in [2.05, 4.69) is 36.2 Å². The highest BCUT2D eigenvalue weighted by Gasteiger charge is 2.28. The number of allylic oxidation sites excluding steroid dienone is 2. The van der Waals surface area contributed by atoms with E-state index >= 15 is 0 Å². The van der Waals surface area contributed by atoms with Crippen molar-refractivity contribution in [3.63, 3.8) is 0 Å². The average molecular weight is 907 g/mol. The summed E-state index contributed by atoms with van der Waals surface area (Å²) < 4.78 is 5.20. The molecular formula is C54H103N3O5S. The number of nitrogens with zero attached hydrogens (tertiary/aromatic N) is 2. The van der Waals surface area contributed by atoms with Gasteiger partial charge >= 0.3 is 5.97 Å². The van der Waals surface area contributed by atoms with Crippen molar-refractivity contribution in [3.05, 3.63) is 33.0 Å². The normalized spacial score (nSPS) is 11.5. The number of likely N-dealkylation sites (N-methyl/N-ethyl adjacent to an activating group) is 1. The van der Waals surface area contributed by atoms with E-state index in [1.807, 2.05) is 67.5 Å². The molecule has 2 amide bonds. The summed E-state index contributed by atoms with van der Waals surface area (Å²) in [6, 6.07) is 0. The largest absolute Gasteiger partial charge is 0.466 e. The Morgan fingerprint density at radius 3 is 1.67 bits per heavy atom. The lowest BCUT2D eigenvalue weighted by Crippen LogP contribution is -2.36. The van der Waals surface area contributed by atoms with Crippen LogP contribution in [0.4, 0.5) is 0 Å². The highest BCUT2D eigenvalue weighted by atomic mass is 32.1. The number of rotatable bonds is 34. The van der Waals surface area contributed by atoms with Crippen molar-refractivity contribution >= 4 is 35.4 Å². The maximum Gasteiger partial charge on any atom is 0.305 e.